The van der Waals surface area contributed by atoms with Gasteiger partial charge in [-0.1, -0.05) is 42.5 Å². The predicted molar refractivity (Wildman–Crippen MR) is 139 cm³/mol. The predicted octanol–water partition coefficient (Wildman–Crippen LogP) is 4.07. The smallest absolute Gasteiger partial charge is 0.191 e. The van der Waals surface area contributed by atoms with Gasteiger partial charge in [-0.15, -0.1) is 24.0 Å². The van der Waals surface area contributed by atoms with Crippen LogP contribution in [0.25, 0.3) is 0 Å². The first-order valence-electron chi connectivity index (χ1n) is 10.4. The lowest BCUT2D eigenvalue weighted by Gasteiger charge is -2.13. The Morgan fingerprint density at radius 1 is 1.06 bits per heavy atom. The fourth-order valence-corrected chi connectivity index (χ4v) is 4.42. The first kappa shape index (κ1) is 27.2. The van der Waals surface area contributed by atoms with Gasteiger partial charge in [0.05, 0.1) is 24.7 Å². The maximum atomic E-state index is 12.3. The Bertz CT molecular complexity index is 919. The van der Waals surface area contributed by atoms with Gasteiger partial charge >= 0.3 is 0 Å². The quantitative estimate of drug-likeness (QED) is 0.188. The van der Waals surface area contributed by atoms with E-state index in [1.165, 1.54) is 0 Å². The first-order chi connectivity index (χ1) is 14.4. The average molecular weight is 560 g/mol. The lowest BCUT2D eigenvalue weighted by Crippen LogP contribution is -2.38. The summed E-state index contributed by atoms with van der Waals surface area (Å²) in [7, 11) is -3.13. The van der Waals surface area contributed by atoms with E-state index in [0.717, 1.165) is 29.0 Å². The summed E-state index contributed by atoms with van der Waals surface area (Å²) in [5, 5.41) is 6.43. The fraction of sp³-hybridized carbons (Fsp3) is 0.435. The minimum atomic E-state index is -3.13. The Hall–Kier alpha value is -1.81. The van der Waals surface area contributed by atoms with Gasteiger partial charge in [0.25, 0.3) is 0 Å². The molecule has 0 saturated carbocycles. The zero-order valence-electron chi connectivity index (χ0n) is 18.6. The second-order valence-corrected chi connectivity index (χ2v) is 9.28. The fourth-order valence-electron chi connectivity index (χ4n) is 2.99. The molecule has 8 heteroatoms. The van der Waals surface area contributed by atoms with Crippen LogP contribution in [0.2, 0.25) is 0 Å². The average Bonchev–Trinajstić information content (AvgIpc) is 2.71. The summed E-state index contributed by atoms with van der Waals surface area (Å²) in [6, 6.07) is 15.4. The number of benzene rings is 2. The number of hydrogen-bond acceptors (Lipinski definition) is 4. The summed E-state index contributed by atoms with van der Waals surface area (Å²) >= 11 is 0. The molecule has 0 heterocycles. The van der Waals surface area contributed by atoms with Gasteiger partial charge in [0, 0.05) is 18.7 Å². The number of aryl methyl sites for hydroxylation is 1. The molecular formula is C23H34IN3O3S. The topological polar surface area (TPSA) is 79.8 Å². The molecule has 0 unspecified atom stereocenters. The highest BCUT2D eigenvalue weighted by Gasteiger charge is 2.11. The normalized spacial score (nSPS) is 11.5. The molecule has 0 saturated heterocycles. The van der Waals surface area contributed by atoms with E-state index in [0.29, 0.717) is 32.1 Å². The van der Waals surface area contributed by atoms with E-state index in [-0.39, 0.29) is 35.5 Å². The third kappa shape index (κ3) is 10.4. The molecule has 0 spiro atoms. The molecule has 0 aromatic heterocycles. The van der Waals surface area contributed by atoms with E-state index < -0.39 is 9.84 Å². The van der Waals surface area contributed by atoms with Crippen molar-refractivity contribution in [3.8, 4) is 5.75 Å². The van der Waals surface area contributed by atoms with E-state index in [4.69, 9.17) is 4.74 Å². The van der Waals surface area contributed by atoms with Crippen molar-refractivity contribution < 1.29 is 13.2 Å². The maximum Gasteiger partial charge on any atom is 0.191 e. The summed E-state index contributed by atoms with van der Waals surface area (Å²) in [6.45, 7) is 8.35. The highest BCUT2D eigenvalue weighted by atomic mass is 127. The van der Waals surface area contributed by atoms with E-state index >= 15 is 0 Å². The van der Waals surface area contributed by atoms with Crippen LogP contribution in [0.15, 0.2) is 53.5 Å². The lowest BCUT2D eigenvalue weighted by molar-refractivity contribution is 0.336. The van der Waals surface area contributed by atoms with E-state index in [1.54, 1.807) is 0 Å². The summed E-state index contributed by atoms with van der Waals surface area (Å²) in [4.78, 5) is 4.62. The number of hydrogen-bond donors (Lipinski definition) is 2. The molecule has 172 valence electrons. The zero-order chi connectivity index (χ0) is 21.8. The van der Waals surface area contributed by atoms with Gasteiger partial charge in [-0.25, -0.2) is 13.4 Å². The Kier molecular flexibility index (Phi) is 12.5. The Balaban J connectivity index is 0.00000480. The summed E-state index contributed by atoms with van der Waals surface area (Å²) in [6.07, 6.45) is 0.522. The van der Waals surface area contributed by atoms with Gasteiger partial charge in [0.1, 0.15) is 5.75 Å². The third-order valence-corrected chi connectivity index (χ3v) is 6.11. The molecule has 0 aliphatic rings. The largest absolute Gasteiger partial charge is 0.494 e. The van der Waals surface area contributed by atoms with Crippen molar-refractivity contribution in [2.45, 2.75) is 39.5 Å². The molecule has 0 radical (unpaired) electrons. The van der Waals surface area contributed by atoms with Crippen LogP contribution >= 0.6 is 24.0 Å². The molecule has 0 aliphatic heterocycles. The van der Waals surface area contributed by atoms with Crippen molar-refractivity contribution in [3.05, 3.63) is 65.2 Å². The molecule has 0 fully saturated rings. The van der Waals surface area contributed by atoms with Crippen LogP contribution in [0.5, 0.6) is 5.75 Å². The van der Waals surface area contributed by atoms with Crippen molar-refractivity contribution >= 4 is 39.8 Å². The number of aliphatic imine (C=N–C) groups is 1. The van der Waals surface area contributed by atoms with Gasteiger partial charge in [-0.05, 0) is 44.4 Å². The summed E-state index contributed by atoms with van der Waals surface area (Å²) < 4.78 is 30.4. The Labute approximate surface area is 203 Å². The summed E-state index contributed by atoms with van der Waals surface area (Å²) in [5.41, 5.74) is 2.99. The number of nitrogens with zero attached hydrogens (tertiary/aromatic N) is 1. The van der Waals surface area contributed by atoms with Crippen molar-refractivity contribution in [2.24, 2.45) is 4.99 Å². The molecule has 2 aromatic rings. The number of rotatable bonds is 11. The minimum Gasteiger partial charge on any atom is -0.494 e. The number of nitrogens with one attached hydrogen (secondary N) is 2. The van der Waals surface area contributed by atoms with Crippen molar-refractivity contribution in [1.82, 2.24) is 10.6 Å². The standard InChI is InChI=1S/C23H33N3O3S.HI/c1-4-24-23(26-17-21-13-12-19(3)16-22(21)29-5-2)25-14-9-15-30(27,28)18-20-10-7-6-8-11-20;/h6-8,10-13,16H,4-5,9,14-15,17-18H2,1-3H3,(H2,24,25,26);1H. The lowest BCUT2D eigenvalue weighted by atomic mass is 10.1. The minimum absolute atomic E-state index is 0. The first-order valence-corrected chi connectivity index (χ1v) is 12.2. The molecular weight excluding hydrogens is 525 g/mol. The molecule has 2 rings (SSSR count). The van der Waals surface area contributed by atoms with Crippen molar-refractivity contribution in [2.75, 3.05) is 25.4 Å². The molecule has 0 aliphatic carbocycles. The van der Waals surface area contributed by atoms with Crippen LogP contribution < -0.4 is 15.4 Å². The molecule has 31 heavy (non-hydrogen) atoms. The molecule has 2 N–H and O–H groups in total. The highest BCUT2D eigenvalue weighted by molar-refractivity contribution is 14.0. The third-order valence-electron chi connectivity index (χ3n) is 4.43. The Morgan fingerprint density at radius 3 is 2.48 bits per heavy atom. The van der Waals surface area contributed by atoms with Crippen molar-refractivity contribution in [3.63, 3.8) is 0 Å². The van der Waals surface area contributed by atoms with E-state index in [1.807, 2.05) is 69.3 Å². The number of sulfone groups is 1. The number of halogens is 1. The van der Waals surface area contributed by atoms with E-state index in [9.17, 15) is 8.42 Å². The van der Waals surface area contributed by atoms with Gasteiger partial charge in [0.15, 0.2) is 15.8 Å². The zero-order valence-corrected chi connectivity index (χ0v) is 21.7. The van der Waals surface area contributed by atoms with Crippen LogP contribution in [0.4, 0.5) is 0 Å². The van der Waals surface area contributed by atoms with Crippen molar-refractivity contribution in [1.29, 1.82) is 0 Å². The van der Waals surface area contributed by atoms with Crippen LogP contribution in [-0.4, -0.2) is 39.8 Å². The highest BCUT2D eigenvalue weighted by Crippen LogP contribution is 2.21. The second kappa shape index (κ2) is 14.3. The molecule has 0 bridgehead atoms. The van der Waals surface area contributed by atoms with Gasteiger partial charge in [-0.3, -0.25) is 0 Å². The van der Waals surface area contributed by atoms with Gasteiger partial charge in [-0.2, -0.15) is 0 Å². The molecule has 0 amide bonds. The van der Waals surface area contributed by atoms with Crippen LogP contribution in [0, 0.1) is 6.92 Å². The SMILES string of the molecule is CCNC(=NCc1ccc(C)cc1OCC)NCCCS(=O)(=O)Cc1ccccc1.I. The summed E-state index contributed by atoms with van der Waals surface area (Å²) in [5.74, 6) is 1.74. The van der Waals surface area contributed by atoms with E-state index in [2.05, 4.69) is 15.6 Å². The van der Waals surface area contributed by atoms with Gasteiger partial charge < -0.3 is 15.4 Å². The molecule has 0 atom stereocenters. The molecule has 6 nitrogen and oxygen atoms in total. The van der Waals surface area contributed by atoms with Gasteiger partial charge in [0.2, 0.25) is 0 Å². The van der Waals surface area contributed by atoms with Crippen LogP contribution in [-0.2, 0) is 22.1 Å². The molecule has 2 aromatic carbocycles. The second-order valence-electron chi connectivity index (χ2n) is 7.10. The maximum absolute atomic E-state index is 12.3. The van der Waals surface area contributed by atoms with Crippen LogP contribution in [0.1, 0.15) is 37.0 Å². The number of guanidine groups is 1. The monoisotopic (exact) mass is 559 g/mol. The number of ether oxygens (including phenoxy) is 1. The Morgan fingerprint density at radius 2 is 1.81 bits per heavy atom. The van der Waals surface area contributed by atoms with Crippen LogP contribution in [0.3, 0.4) is 0 Å².